The molecule has 6 heteroatoms. The van der Waals surface area contributed by atoms with Crippen LogP contribution < -0.4 is 5.32 Å². The predicted octanol–water partition coefficient (Wildman–Crippen LogP) is 1.55. The number of aryl methyl sites for hydroxylation is 3. The molecular formula is C15H24N6. The number of fused-ring (bicyclic) bond motifs is 1. The van der Waals surface area contributed by atoms with E-state index in [1.807, 2.05) is 17.2 Å². The summed E-state index contributed by atoms with van der Waals surface area (Å²) >= 11 is 0. The molecule has 0 spiro atoms. The second-order valence-electron chi connectivity index (χ2n) is 6.05. The van der Waals surface area contributed by atoms with Gasteiger partial charge < -0.3 is 9.88 Å². The molecule has 0 fully saturated rings. The Kier molecular flexibility index (Phi) is 4.34. The Hall–Kier alpha value is -1.69. The predicted molar refractivity (Wildman–Crippen MR) is 80.9 cm³/mol. The molecule has 3 rings (SSSR count). The van der Waals surface area contributed by atoms with E-state index >= 15 is 0 Å². The Bertz CT molecular complexity index is 583. The molecule has 1 aliphatic rings. The van der Waals surface area contributed by atoms with E-state index in [1.54, 1.807) is 0 Å². The van der Waals surface area contributed by atoms with Gasteiger partial charge in [-0.25, -0.2) is 4.98 Å². The summed E-state index contributed by atoms with van der Waals surface area (Å²) in [7, 11) is 0. The van der Waals surface area contributed by atoms with Gasteiger partial charge in [-0.05, 0) is 25.7 Å². The van der Waals surface area contributed by atoms with Crippen LogP contribution in [0.2, 0.25) is 0 Å². The third kappa shape index (κ3) is 3.50. The van der Waals surface area contributed by atoms with Crippen LogP contribution in [0, 0.1) is 0 Å². The van der Waals surface area contributed by atoms with E-state index in [0.29, 0.717) is 6.04 Å². The highest BCUT2D eigenvalue weighted by atomic mass is 15.4. The quantitative estimate of drug-likeness (QED) is 0.876. The summed E-state index contributed by atoms with van der Waals surface area (Å²) in [4.78, 5) is 4.53. The van der Waals surface area contributed by atoms with Gasteiger partial charge in [0.05, 0.1) is 24.3 Å². The first-order chi connectivity index (χ1) is 10.2. The zero-order chi connectivity index (χ0) is 14.7. The maximum absolute atomic E-state index is 4.53. The van der Waals surface area contributed by atoms with E-state index < -0.39 is 0 Å². The molecular weight excluding hydrogens is 264 g/mol. The first-order valence-electron chi connectivity index (χ1n) is 7.87. The van der Waals surface area contributed by atoms with E-state index in [0.717, 1.165) is 38.2 Å². The number of hydrogen-bond acceptors (Lipinski definition) is 4. The molecule has 0 atom stereocenters. The molecule has 1 aliphatic carbocycles. The highest BCUT2D eigenvalue weighted by molar-refractivity contribution is 5.16. The van der Waals surface area contributed by atoms with Gasteiger partial charge in [-0.2, -0.15) is 0 Å². The number of hydrogen-bond donors (Lipinski definition) is 1. The maximum Gasteiger partial charge on any atom is 0.0964 e. The fourth-order valence-electron chi connectivity index (χ4n) is 2.77. The van der Waals surface area contributed by atoms with Gasteiger partial charge in [-0.1, -0.05) is 19.1 Å². The zero-order valence-corrected chi connectivity index (χ0v) is 12.9. The lowest BCUT2D eigenvalue weighted by Gasteiger charge is -2.13. The summed E-state index contributed by atoms with van der Waals surface area (Å²) in [6.45, 7) is 6.80. The highest BCUT2D eigenvalue weighted by Gasteiger charge is 2.14. The molecule has 0 aliphatic heterocycles. The molecule has 0 unspecified atom stereocenters. The van der Waals surface area contributed by atoms with Crippen LogP contribution in [-0.2, 0) is 32.5 Å². The average molecular weight is 288 g/mol. The van der Waals surface area contributed by atoms with Crippen molar-refractivity contribution in [3.8, 4) is 0 Å². The first kappa shape index (κ1) is 14.3. The normalized spacial score (nSPS) is 14.6. The van der Waals surface area contributed by atoms with Crippen molar-refractivity contribution in [1.82, 2.24) is 29.9 Å². The van der Waals surface area contributed by atoms with Crippen LogP contribution in [0.1, 0.15) is 43.8 Å². The summed E-state index contributed by atoms with van der Waals surface area (Å²) in [5, 5.41) is 11.8. The van der Waals surface area contributed by atoms with Gasteiger partial charge in [0.1, 0.15) is 0 Å². The van der Waals surface area contributed by atoms with Gasteiger partial charge in [0.15, 0.2) is 0 Å². The highest BCUT2D eigenvalue weighted by Crippen LogP contribution is 2.19. The molecule has 2 aromatic rings. The van der Waals surface area contributed by atoms with Crippen molar-refractivity contribution in [3.63, 3.8) is 0 Å². The smallest absolute Gasteiger partial charge is 0.0964 e. The molecule has 0 amide bonds. The number of aromatic nitrogens is 5. The summed E-state index contributed by atoms with van der Waals surface area (Å²) in [6, 6.07) is 0.465. The SMILES string of the molecule is CC(C)NCc1cn(CCn2cnc3c2CCCC3)nn1. The summed E-state index contributed by atoms with van der Waals surface area (Å²) in [5.74, 6) is 0. The van der Waals surface area contributed by atoms with Gasteiger partial charge in [0.25, 0.3) is 0 Å². The topological polar surface area (TPSA) is 60.6 Å². The van der Waals surface area contributed by atoms with Crippen molar-refractivity contribution >= 4 is 0 Å². The number of imidazole rings is 1. The molecule has 21 heavy (non-hydrogen) atoms. The van der Waals surface area contributed by atoms with Crippen molar-refractivity contribution in [2.24, 2.45) is 0 Å². The maximum atomic E-state index is 4.53. The minimum Gasteiger partial charge on any atom is -0.332 e. The van der Waals surface area contributed by atoms with Crippen LogP contribution in [0.3, 0.4) is 0 Å². The average Bonchev–Trinajstić information content (AvgIpc) is 3.10. The van der Waals surface area contributed by atoms with Gasteiger partial charge >= 0.3 is 0 Å². The molecule has 2 aromatic heterocycles. The summed E-state index contributed by atoms with van der Waals surface area (Å²) in [5.41, 5.74) is 3.71. The van der Waals surface area contributed by atoms with Crippen molar-refractivity contribution in [3.05, 3.63) is 29.6 Å². The molecule has 0 bridgehead atoms. The van der Waals surface area contributed by atoms with Crippen molar-refractivity contribution in [2.45, 2.75) is 65.2 Å². The van der Waals surface area contributed by atoms with Crippen LogP contribution in [0.25, 0.3) is 0 Å². The Morgan fingerprint density at radius 2 is 2.10 bits per heavy atom. The van der Waals surface area contributed by atoms with Crippen LogP contribution in [0.15, 0.2) is 12.5 Å². The van der Waals surface area contributed by atoms with E-state index in [4.69, 9.17) is 0 Å². The number of nitrogens with zero attached hydrogens (tertiary/aromatic N) is 5. The van der Waals surface area contributed by atoms with E-state index in [9.17, 15) is 0 Å². The number of nitrogens with one attached hydrogen (secondary N) is 1. The lowest BCUT2D eigenvalue weighted by molar-refractivity contribution is 0.502. The molecule has 0 radical (unpaired) electrons. The van der Waals surface area contributed by atoms with E-state index in [1.165, 1.54) is 24.2 Å². The van der Waals surface area contributed by atoms with Crippen molar-refractivity contribution in [2.75, 3.05) is 0 Å². The molecule has 0 saturated carbocycles. The van der Waals surface area contributed by atoms with Crippen LogP contribution in [0.4, 0.5) is 0 Å². The summed E-state index contributed by atoms with van der Waals surface area (Å²) < 4.78 is 4.20. The third-order valence-electron chi connectivity index (χ3n) is 3.96. The van der Waals surface area contributed by atoms with Crippen molar-refractivity contribution in [1.29, 1.82) is 0 Å². The molecule has 1 N–H and O–H groups in total. The monoisotopic (exact) mass is 288 g/mol. The summed E-state index contributed by atoms with van der Waals surface area (Å²) in [6.07, 6.45) is 8.87. The Morgan fingerprint density at radius 3 is 2.95 bits per heavy atom. The Balaban J connectivity index is 1.56. The van der Waals surface area contributed by atoms with Crippen LogP contribution in [0.5, 0.6) is 0 Å². The van der Waals surface area contributed by atoms with Crippen LogP contribution in [-0.4, -0.2) is 30.6 Å². The molecule has 0 saturated heterocycles. The van der Waals surface area contributed by atoms with Gasteiger partial charge in [0.2, 0.25) is 0 Å². The molecule has 114 valence electrons. The fraction of sp³-hybridized carbons (Fsp3) is 0.667. The van der Waals surface area contributed by atoms with Gasteiger partial charge in [0, 0.05) is 31.0 Å². The third-order valence-corrected chi connectivity index (χ3v) is 3.96. The fourth-order valence-corrected chi connectivity index (χ4v) is 2.77. The molecule has 2 heterocycles. The van der Waals surface area contributed by atoms with Crippen molar-refractivity contribution < 1.29 is 0 Å². The van der Waals surface area contributed by atoms with Gasteiger partial charge in [-0.15, -0.1) is 5.10 Å². The largest absolute Gasteiger partial charge is 0.332 e. The van der Waals surface area contributed by atoms with E-state index in [2.05, 4.69) is 39.0 Å². The standard InChI is InChI=1S/C15H24N6/c1-12(2)16-9-13-10-21(19-18-13)8-7-20-11-17-14-5-3-4-6-15(14)20/h10-12,16H,3-9H2,1-2H3. The lowest BCUT2D eigenvalue weighted by Crippen LogP contribution is -2.21. The Labute approximate surface area is 125 Å². The van der Waals surface area contributed by atoms with Gasteiger partial charge in [-0.3, -0.25) is 4.68 Å². The minimum absolute atomic E-state index is 0.465. The second-order valence-corrected chi connectivity index (χ2v) is 6.05. The second kappa shape index (κ2) is 6.39. The van der Waals surface area contributed by atoms with Crippen LogP contribution >= 0.6 is 0 Å². The minimum atomic E-state index is 0.465. The first-order valence-corrected chi connectivity index (χ1v) is 7.87. The number of rotatable bonds is 6. The van der Waals surface area contributed by atoms with E-state index in [-0.39, 0.29) is 0 Å². The zero-order valence-electron chi connectivity index (χ0n) is 12.9. The lowest BCUT2D eigenvalue weighted by atomic mass is 10.0. The molecule has 0 aromatic carbocycles. The Morgan fingerprint density at radius 1 is 1.24 bits per heavy atom. The molecule has 6 nitrogen and oxygen atoms in total.